The quantitative estimate of drug-likeness (QED) is 0.670. The van der Waals surface area contributed by atoms with Crippen LogP contribution in [0.1, 0.15) is 6.42 Å². The average molecular weight is 211 g/mol. The molecule has 1 amide bonds. The van der Waals surface area contributed by atoms with Crippen LogP contribution in [0.25, 0.3) is 0 Å². The topological polar surface area (TPSA) is 74.2 Å². The third-order valence-electron chi connectivity index (χ3n) is 2.29. The van der Waals surface area contributed by atoms with Gasteiger partial charge in [0, 0.05) is 19.2 Å². The van der Waals surface area contributed by atoms with Crippen molar-refractivity contribution in [1.82, 2.24) is 10.2 Å². The summed E-state index contributed by atoms with van der Waals surface area (Å²) in [6.07, 6.45) is 3.17. The monoisotopic (exact) mass is 211 g/mol. The second kappa shape index (κ2) is 4.31. The Balaban J connectivity index is 2.01. The molecule has 6 nitrogen and oxygen atoms in total. The van der Waals surface area contributed by atoms with Crippen LogP contribution in [0.15, 0.2) is 17.0 Å². The van der Waals surface area contributed by atoms with Gasteiger partial charge in [-0.2, -0.15) is 0 Å². The highest BCUT2D eigenvalue weighted by Gasteiger charge is 2.33. The number of aliphatic hydroxyl groups excluding tert-OH is 1. The Morgan fingerprint density at radius 1 is 1.73 bits per heavy atom. The number of ether oxygens (including phenoxy) is 1. The van der Waals surface area contributed by atoms with Crippen LogP contribution in [0.2, 0.25) is 0 Å². The molecule has 15 heavy (non-hydrogen) atoms. The first kappa shape index (κ1) is 9.97. The summed E-state index contributed by atoms with van der Waals surface area (Å²) in [4.78, 5) is 16.9. The number of hydrogen-bond acceptors (Lipinski definition) is 5. The van der Waals surface area contributed by atoms with E-state index in [9.17, 15) is 4.79 Å². The molecule has 6 heteroatoms. The number of hydrogen-bond donors (Lipinski definition) is 2. The molecule has 0 aromatic carbocycles. The van der Waals surface area contributed by atoms with Crippen molar-refractivity contribution in [3.63, 3.8) is 0 Å². The fraction of sp³-hybridized carbons (Fsp3) is 0.556. The minimum atomic E-state index is -0.385. The largest absolute Gasteiger partial charge is 0.444 e. The summed E-state index contributed by atoms with van der Waals surface area (Å²) in [7, 11) is 0. The molecular weight excluding hydrogens is 198 g/mol. The summed E-state index contributed by atoms with van der Waals surface area (Å²) >= 11 is 0. The molecule has 1 unspecified atom stereocenters. The standard InChI is InChI=1S/C9H13N3O3/c13-4-1-7-6-12(9(14)15-7)8-5-10-2-3-11-8/h2,5,7,11,13H,1,3-4,6H2. The lowest BCUT2D eigenvalue weighted by atomic mass is 10.2. The van der Waals surface area contributed by atoms with Gasteiger partial charge in [0.1, 0.15) is 11.9 Å². The maximum atomic E-state index is 11.4. The van der Waals surface area contributed by atoms with Gasteiger partial charge in [0.25, 0.3) is 0 Å². The lowest BCUT2D eigenvalue weighted by molar-refractivity contribution is 0.118. The molecule has 2 aliphatic rings. The molecule has 2 N–H and O–H groups in total. The zero-order chi connectivity index (χ0) is 10.7. The molecular formula is C9H13N3O3. The van der Waals surface area contributed by atoms with E-state index in [1.807, 2.05) is 0 Å². The van der Waals surface area contributed by atoms with E-state index in [1.165, 1.54) is 4.90 Å². The maximum Gasteiger partial charge on any atom is 0.415 e. The second-order valence-corrected chi connectivity index (χ2v) is 3.36. The smallest absolute Gasteiger partial charge is 0.415 e. The van der Waals surface area contributed by atoms with Crippen LogP contribution >= 0.6 is 0 Å². The Kier molecular flexibility index (Phi) is 2.86. The Morgan fingerprint density at radius 2 is 2.60 bits per heavy atom. The van der Waals surface area contributed by atoms with Crippen LogP contribution < -0.4 is 5.32 Å². The molecule has 2 rings (SSSR count). The number of carbonyl (C=O) groups is 1. The first-order valence-electron chi connectivity index (χ1n) is 4.86. The van der Waals surface area contributed by atoms with Gasteiger partial charge in [-0.05, 0) is 0 Å². The normalized spacial score (nSPS) is 24.9. The molecule has 2 aliphatic heterocycles. The van der Waals surface area contributed by atoms with E-state index < -0.39 is 0 Å². The van der Waals surface area contributed by atoms with Gasteiger partial charge in [-0.15, -0.1) is 0 Å². The van der Waals surface area contributed by atoms with Crippen LogP contribution in [0.3, 0.4) is 0 Å². The number of cyclic esters (lactones) is 1. The molecule has 0 aliphatic carbocycles. The van der Waals surface area contributed by atoms with E-state index in [-0.39, 0.29) is 18.8 Å². The Bertz CT molecular complexity index is 314. The number of aliphatic hydroxyl groups is 1. The highest BCUT2D eigenvalue weighted by Crippen LogP contribution is 2.18. The maximum absolute atomic E-state index is 11.4. The van der Waals surface area contributed by atoms with Crippen molar-refractivity contribution in [2.45, 2.75) is 12.5 Å². The van der Waals surface area contributed by atoms with Crippen molar-refractivity contribution < 1.29 is 14.6 Å². The molecule has 2 heterocycles. The Hall–Kier alpha value is -1.56. The van der Waals surface area contributed by atoms with Crippen molar-refractivity contribution in [2.24, 2.45) is 4.99 Å². The molecule has 0 spiro atoms. The molecule has 0 bridgehead atoms. The van der Waals surface area contributed by atoms with Crippen LogP contribution in [0, 0.1) is 0 Å². The number of carbonyl (C=O) groups excluding carboxylic acids is 1. The van der Waals surface area contributed by atoms with Gasteiger partial charge in [0.05, 0.1) is 19.3 Å². The zero-order valence-electron chi connectivity index (χ0n) is 8.22. The summed E-state index contributed by atoms with van der Waals surface area (Å²) < 4.78 is 5.06. The van der Waals surface area contributed by atoms with E-state index >= 15 is 0 Å². The molecule has 1 fully saturated rings. The first-order chi connectivity index (χ1) is 7.31. The summed E-state index contributed by atoms with van der Waals surface area (Å²) in [5.41, 5.74) is 0. The van der Waals surface area contributed by atoms with Gasteiger partial charge in [-0.1, -0.05) is 0 Å². The Labute approximate surface area is 87.2 Å². The van der Waals surface area contributed by atoms with E-state index in [2.05, 4.69) is 10.3 Å². The summed E-state index contributed by atoms with van der Waals surface area (Å²) in [5, 5.41) is 11.8. The average Bonchev–Trinajstić information content (AvgIpc) is 2.61. The van der Waals surface area contributed by atoms with Crippen LogP contribution in [0.5, 0.6) is 0 Å². The predicted octanol–water partition coefficient (Wildman–Crippen LogP) is -0.338. The van der Waals surface area contributed by atoms with Gasteiger partial charge in [0.2, 0.25) is 0 Å². The summed E-state index contributed by atoms with van der Waals surface area (Å²) in [6.45, 7) is 1.10. The summed E-state index contributed by atoms with van der Waals surface area (Å²) in [5.74, 6) is 0.655. The zero-order valence-corrected chi connectivity index (χ0v) is 8.22. The fourth-order valence-electron chi connectivity index (χ4n) is 1.55. The fourth-order valence-corrected chi connectivity index (χ4v) is 1.55. The highest BCUT2D eigenvalue weighted by atomic mass is 16.6. The van der Waals surface area contributed by atoms with Gasteiger partial charge in [-0.25, -0.2) is 4.79 Å². The molecule has 1 atom stereocenters. The molecule has 0 aromatic rings. The van der Waals surface area contributed by atoms with Crippen molar-refractivity contribution in [2.75, 3.05) is 19.7 Å². The van der Waals surface area contributed by atoms with Gasteiger partial charge >= 0.3 is 6.09 Å². The first-order valence-corrected chi connectivity index (χ1v) is 4.86. The van der Waals surface area contributed by atoms with E-state index in [0.29, 0.717) is 25.3 Å². The summed E-state index contributed by atoms with van der Waals surface area (Å²) in [6, 6.07) is 0. The molecule has 0 saturated carbocycles. The van der Waals surface area contributed by atoms with Crippen LogP contribution in [0.4, 0.5) is 4.79 Å². The van der Waals surface area contributed by atoms with E-state index in [1.54, 1.807) is 12.4 Å². The minimum Gasteiger partial charge on any atom is -0.444 e. The SMILES string of the molecule is O=C1OC(CCO)CN1C1=CN=CCN1. The third kappa shape index (κ3) is 2.10. The van der Waals surface area contributed by atoms with E-state index in [4.69, 9.17) is 9.84 Å². The number of nitrogens with one attached hydrogen (secondary N) is 1. The molecule has 0 radical (unpaired) electrons. The van der Waals surface area contributed by atoms with E-state index in [0.717, 1.165) is 0 Å². The highest BCUT2D eigenvalue weighted by molar-refractivity contribution is 5.73. The number of nitrogens with zero attached hydrogens (tertiary/aromatic N) is 2. The lowest BCUT2D eigenvalue weighted by Crippen LogP contribution is -2.35. The molecule has 1 saturated heterocycles. The predicted molar refractivity (Wildman–Crippen MR) is 53.3 cm³/mol. The minimum absolute atomic E-state index is 0.0242. The second-order valence-electron chi connectivity index (χ2n) is 3.36. The van der Waals surface area contributed by atoms with Crippen molar-refractivity contribution >= 4 is 12.3 Å². The molecule has 0 aromatic heterocycles. The van der Waals surface area contributed by atoms with Crippen molar-refractivity contribution in [3.8, 4) is 0 Å². The third-order valence-corrected chi connectivity index (χ3v) is 2.29. The number of aliphatic imine (C=N–C) groups is 1. The van der Waals surface area contributed by atoms with Crippen molar-refractivity contribution in [1.29, 1.82) is 0 Å². The number of rotatable bonds is 3. The van der Waals surface area contributed by atoms with Gasteiger partial charge in [0.15, 0.2) is 0 Å². The van der Waals surface area contributed by atoms with Gasteiger partial charge in [-0.3, -0.25) is 9.89 Å². The van der Waals surface area contributed by atoms with Crippen molar-refractivity contribution in [3.05, 3.63) is 12.0 Å². The van der Waals surface area contributed by atoms with Crippen LogP contribution in [-0.4, -0.2) is 48.1 Å². The molecule has 82 valence electrons. The van der Waals surface area contributed by atoms with Crippen LogP contribution in [-0.2, 0) is 4.74 Å². The number of amides is 1. The Morgan fingerprint density at radius 3 is 3.27 bits per heavy atom. The lowest BCUT2D eigenvalue weighted by Gasteiger charge is -2.18. The van der Waals surface area contributed by atoms with Gasteiger partial charge < -0.3 is 15.2 Å².